The Morgan fingerprint density at radius 2 is 2.10 bits per heavy atom. The number of nitrogens with one attached hydrogen (secondary N) is 1. The van der Waals surface area contributed by atoms with Crippen molar-refractivity contribution in [3.8, 4) is 0 Å². The fourth-order valence-electron chi connectivity index (χ4n) is 2.36. The minimum atomic E-state index is -3.47. The second-order valence-electron chi connectivity index (χ2n) is 5.25. The summed E-state index contributed by atoms with van der Waals surface area (Å²) in [5, 5.41) is 0. The summed E-state index contributed by atoms with van der Waals surface area (Å²) in [6.07, 6.45) is 2.15. The van der Waals surface area contributed by atoms with Gasteiger partial charge in [-0.3, -0.25) is 0 Å². The van der Waals surface area contributed by atoms with Crippen molar-refractivity contribution < 1.29 is 8.42 Å². The van der Waals surface area contributed by atoms with Crippen LogP contribution in [0.15, 0.2) is 23.1 Å². The lowest BCUT2D eigenvalue weighted by molar-refractivity contribution is 0.476. The molecule has 2 rings (SSSR count). The van der Waals surface area contributed by atoms with Gasteiger partial charge in [0.1, 0.15) is 4.99 Å². The summed E-state index contributed by atoms with van der Waals surface area (Å²) in [6, 6.07) is 4.94. The van der Waals surface area contributed by atoms with Gasteiger partial charge in [0, 0.05) is 12.1 Å². The van der Waals surface area contributed by atoms with Gasteiger partial charge < -0.3 is 5.73 Å². The molecule has 0 unspecified atom stereocenters. The number of hydrogen-bond donors (Lipinski definition) is 2. The molecule has 116 valence electrons. The van der Waals surface area contributed by atoms with Gasteiger partial charge in [0.25, 0.3) is 0 Å². The van der Waals surface area contributed by atoms with E-state index >= 15 is 0 Å². The highest BCUT2D eigenvalue weighted by atomic mass is 32.2. The molecular weight excluding hydrogens is 324 g/mol. The highest BCUT2D eigenvalue weighted by Gasteiger charge is 2.20. The van der Waals surface area contributed by atoms with E-state index < -0.39 is 10.0 Å². The average Bonchev–Trinajstić information content (AvgIpc) is 2.46. The molecule has 0 atom stereocenters. The molecule has 4 nitrogen and oxygen atoms in total. The number of rotatable bonds is 5. The number of sulfonamides is 1. The second-order valence-corrected chi connectivity index (χ2v) is 8.65. The Morgan fingerprint density at radius 3 is 2.67 bits per heavy atom. The van der Waals surface area contributed by atoms with Crippen LogP contribution in [0.4, 0.5) is 0 Å². The number of thioether (sulfide) groups is 1. The lowest BCUT2D eigenvalue weighted by Crippen LogP contribution is -2.31. The van der Waals surface area contributed by atoms with Crippen LogP contribution >= 0.6 is 24.0 Å². The SMILES string of the molecule is Cc1cc(C(N)=S)ccc1S(=O)(=O)NCC1CCSCC1. The van der Waals surface area contributed by atoms with Gasteiger partial charge in [0.05, 0.1) is 4.90 Å². The van der Waals surface area contributed by atoms with Crippen molar-refractivity contribution >= 4 is 39.0 Å². The molecule has 21 heavy (non-hydrogen) atoms. The van der Waals surface area contributed by atoms with E-state index in [1.54, 1.807) is 25.1 Å². The quantitative estimate of drug-likeness (QED) is 0.800. The second kappa shape index (κ2) is 7.09. The van der Waals surface area contributed by atoms with E-state index in [4.69, 9.17) is 18.0 Å². The molecule has 0 bridgehead atoms. The molecule has 1 fully saturated rings. The fourth-order valence-corrected chi connectivity index (χ4v) is 5.03. The fraction of sp³-hybridized carbons (Fsp3) is 0.500. The Kier molecular flexibility index (Phi) is 5.65. The van der Waals surface area contributed by atoms with Gasteiger partial charge in [0.15, 0.2) is 0 Å². The molecule has 7 heteroatoms. The lowest BCUT2D eigenvalue weighted by Gasteiger charge is -2.21. The van der Waals surface area contributed by atoms with E-state index in [-0.39, 0.29) is 4.99 Å². The maximum atomic E-state index is 12.4. The number of hydrogen-bond acceptors (Lipinski definition) is 4. The zero-order valence-electron chi connectivity index (χ0n) is 12.0. The van der Waals surface area contributed by atoms with E-state index in [1.807, 2.05) is 11.8 Å². The Labute approximate surface area is 135 Å². The first-order valence-corrected chi connectivity index (χ1v) is 9.92. The highest BCUT2D eigenvalue weighted by molar-refractivity contribution is 7.99. The van der Waals surface area contributed by atoms with Crippen molar-refractivity contribution in [2.45, 2.75) is 24.7 Å². The van der Waals surface area contributed by atoms with Gasteiger partial charge in [-0.2, -0.15) is 11.8 Å². The number of benzene rings is 1. The summed E-state index contributed by atoms with van der Waals surface area (Å²) in [7, 11) is -3.47. The molecule has 1 aliphatic rings. The van der Waals surface area contributed by atoms with E-state index in [9.17, 15) is 8.42 Å². The first-order valence-electron chi connectivity index (χ1n) is 6.88. The van der Waals surface area contributed by atoms with Crippen molar-refractivity contribution in [2.75, 3.05) is 18.1 Å². The monoisotopic (exact) mass is 344 g/mol. The minimum Gasteiger partial charge on any atom is -0.389 e. The zero-order chi connectivity index (χ0) is 15.5. The normalized spacial score (nSPS) is 16.8. The number of nitrogens with two attached hydrogens (primary N) is 1. The van der Waals surface area contributed by atoms with Gasteiger partial charge >= 0.3 is 0 Å². The molecule has 1 saturated heterocycles. The van der Waals surface area contributed by atoms with Crippen molar-refractivity contribution in [3.63, 3.8) is 0 Å². The van der Waals surface area contributed by atoms with Gasteiger partial charge in [0.2, 0.25) is 10.0 Å². The van der Waals surface area contributed by atoms with E-state index in [1.165, 1.54) is 0 Å². The predicted molar refractivity (Wildman–Crippen MR) is 92.3 cm³/mol. The van der Waals surface area contributed by atoms with E-state index in [0.29, 0.717) is 28.5 Å². The van der Waals surface area contributed by atoms with E-state index in [2.05, 4.69) is 4.72 Å². The van der Waals surface area contributed by atoms with Crippen LogP contribution in [0.1, 0.15) is 24.0 Å². The van der Waals surface area contributed by atoms with Crippen LogP contribution in [-0.2, 0) is 10.0 Å². The molecule has 0 amide bonds. The summed E-state index contributed by atoms with van der Waals surface area (Å²) in [5.41, 5.74) is 6.91. The molecule has 0 aliphatic carbocycles. The molecule has 0 aromatic heterocycles. The summed E-state index contributed by atoms with van der Waals surface area (Å²) in [5.74, 6) is 2.68. The summed E-state index contributed by atoms with van der Waals surface area (Å²) in [4.78, 5) is 0.572. The van der Waals surface area contributed by atoms with Crippen LogP contribution in [0.3, 0.4) is 0 Å². The Balaban J connectivity index is 2.10. The van der Waals surface area contributed by atoms with Gasteiger partial charge in [-0.25, -0.2) is 13.1 Å². The molecule has 0 spiro atoms. The zero-order valence-corrected chi connectivity index (χ0v) is 14.4. The highest BCUT2D eigenvalue weighted by Crippen LogP contribution is 2.23. The standard InChI is InChI=1S/C14H20N2O2S3/c1-10-8-12(14(15)19)2-3-13(10)21(17,18)16-9-11-4-6-20-7-5-11/h2-3,8,11,16H,4-7,9H2,1H3,(H2,15,19). The third-order valence-corrected chi connectivity index (χ3v) is 6.52. The van der Waals surface area contributed by atoms with Crippen molar-refractivity contribution in [1.29, 1.82) is 0 Å². The molecule has 0 radical (unpaired) electrons. The largest absolute Gasteiger partial charge is 0.389 e. The molecule has 0 saturated carbocycles. The number of thiocarbonyl (C=S) groups is 1. The Morgan fingerprint density at radius 1 is 1.43 bits per heavy atom. The third-order valence-electron chi connectivity index (χ3n) is 3.65. The average molecular weight is 345 g/mol. The maximum absolute atomic E-state index is 12.4. The van der Waals surface area contributed by atoms with Gasteiger partial charge in [-0.05, 0) is 54.9 Å². The van der Waals surface area contributed by atoms with Crippen molar-refractivity contribution in [1.82, 2.24) is 4.72 Å². The maximum Gasteiger partial charge on any atom is 0.240 e. The molecular formula is C14H20N2O2S3. The van der Waals surface area contributed by atoms with Gasteiger partial charge in [-0.15, -0.1) is 0 Å². The van der Waals surface area contributed by atoms with Crippen molar-refractivity contribution in [3.05, 3.63) is 29.3 Å². The first kappa shape index (κ1) is 16.7. The summed E-state index contributed by atoms with van der Waals surface area (Å²) >= 11 is 6.84. The lowest BCUT2D eigenvalue weighted by atomic mass is 10.0. The third kappa shape index (κ3) is 4.42. The summed E-state index contributed by atoms with van der Waals surface area (Å²) < 4.78 is 27.5. The molecule has 3 N–H and O–H groups in total. The van der Waals surface area contributed by atoms with Crippen LogP contribution in [0, 0.1) is 12.8 Å². The topological polar surface area (TPSA) is 72.2 Å². The molecule has 1 aliphatic heterocycles. The smallest absolute Gasteiger partial charge is 0.240 e. The minimum absolute atomic E-state index is 0.273. The molecule has 1 aromatic rings. The van der Waals surface area contributed by atoms with Crippen molar-refractivity contribution in [2.24, 2.45) is 11.7 Å². The first-order chi connectivity index (χ1) is 9.90. The van der Waals surface area contributed by atoms with E-state index in [0.717, 1.165) is 24.3 Å². The van der Waals surface area contributed by atoms with Crippen LogP contribution in [0.25, 0.3) is 0 Å². The van der Waals surface area contributed by atoms with Crippen LogP contribution < -0.4 is 10.5 Å². The summed E-state index contributed by atoms with van der Waals surface area (Å²) in [6.45, 7) is 2.27. The van der Waals surface area contributed by atoms with Gasteiger partial charge in [-0.1, -0.05) is 18.3 Å². The predicted octanol–water partition coefficient (Wildman–Crippen LogP) is 2.05. The Bertz CT molecular complexity index is 623. The molecule has 1 aromatic carbocycles. The number of aryl methyl sites for hydroxylation is 1. The van der Waals surface area contributed by atoms with Crippen LogP contribution in [-0.4, -0.2) is 31.5 Å². The van der Waals surface area contributed by atoms with Crippen LogP contribution in [0.2, 0.25) is 0 Å². The van der Waals surface area contributed by atoms with Crippen LogP contribution in [0.5, 0.6) is 0 Å². The molecule has 1 heterocycles. The Hall–Kier alpha value is -0.630.